The average Bonchev–Trinajstić information content (AvgIpc) is 2.68. The number of halogens is 1. The molecule has 2 N–H and O–H groups in total. The van der Waals surface area contributed by atoms with Gasteiger partial charge in [-0.15, -0.1) is 0 Å². The van der Waals surface area contributed by atoms with Crippen molar-refractivity contribution in [2.24, 2.45) is 4.99 Å². The standard InChI is InChI=1S/C9H10ClN5O2/c10-8-2-1-6(4-11-8)3-7-5-12-9(13-7)14-15(16)17/h1-2,4,7H,3,5H2,(H2,12,13,14). The van der Waals surface area contributed by atoms with Crippen LogP contribution in [0.4, 0.5) is 0 Å². The molecular weight excluding hydrogens is 246 g/mol. The third-order valence-electron chi connectivity index (χ3n) is 2.27. The molecule has 1 aliphatic rings. The first-order valence-electron chi connectivity index (χ1n) is 4.96. The first-order valence-corrected chi connectivity index (χ1v) is 5.34. The molecule has 0 saturated carbocycles. The van der Waals surface area contributed by atoms with E-state index in [1.54, 1.807) is 12.3 Å². The van der Waals surface area contributed by atoms with Crippen LogP contribution in [0.5, 0.6) is 0 Å². The van der Waals surface area contributed by atoms with Crippen molar-refractivity contribution in [2.75, 3.05) is 6.54 Å². The Hall–Kier alpha value is -1.89. The average molecular weight is 256 g/mol. The van der Waals surface area contributed by atoms with E-state index in [1.165, 1.54) is 0 Å². The minimum Gasteiger partial charge on any atom is -0.350 e. The van der Waals surface area contributed by atoms with Crippen molar-refractivity contribution in [3.63, 3.8) is 0 Å². The van der Waals surface area contributed by atoms with Gasteiger partial charge < -0.3 is 5.32 Å². The second-order valence-electron chi connectivity index (χ2n) is 3.57. The molecule has 17 heavy (non-hydrogen) atoms. The van der Waals surface area contributed by atoms with Crippen molar-refractivity contribution in [1.82, 2.24) is 15.7 Å². The number of rotatable bonds is 3. The van der Waals surface area contributed by atoms with E-state index in [1.807, 2.05) is 11.5 Å². The normalized spacial score (nSPS) is 18.4. The molecule has 0 aromatic carbocycles. The van der Waals surface area contributed by atoms with Gasteiger partial charge in [0.1, 0.15) is 5.15 Å². The van der Waals surface area contributed by atoms with Crippen LogP contribution in [0.3, 0.4) is 0 Å². The van der Waals surface area contributed by atoms with Gasteiger partial charge in [0.2, 0.25) is 0 Å². The van der Waals surface area contributed by atoms with E-state index in [0.29, 0.717) is 18.1 Å². The number of nitro groups is 1. The Morgan fingerprint density at radius 1 is 1.65 bits per heavy atom. The van der Waals surface area contributed by atoms with Crippen LogP contribution >= 0.6 is 11.6 Å². The lowest BCUT2D eigenvalue weighted by atomic mass is 10.1. The van der Waals surface area contributed by atoms with Gasteiger partial charge in [0.05, 0.1) is 6.04 Å². The van der Waals surface area contributed by atoms with Crippen molar-refractivity contribution < 1.29 is 5.03 Å². The Morgan fingerprint density at radius 2 is 2.47 bits per heavy atom. The summed E-state index contributed by atoms with van der Waals surface area (Å²) < 4.78 is 0. The molecule has 1 aromatic heterocycles. The monoisotopic (exact) mass is 255 g/mol. The SMILES string of the molecule is O=[N+]([O-])NC1=NC(Cc2ccc(Cl)nc2)CN1. The Bertz CT molecular complexity index is 447. The van der Waals surface area contributed by atoms with Gasteiger partial charge >= 0.3 is 0 Å². The first-order chi connectivity index (χ1) is 8.13. The van der Waals surface area contributed by atoms with Crippen LogP contribution in [-0.2, 0) is 6.42 Å². The molecule has 0 amide bonds. The summed E-state index contributed by atoms with van der Waals surface area (Å²) in [6.07, 6.45) is 2.34. The smallest absolute Gasteiger partial charge is 0.254 e. The number of aromatic nitrogens is 1. The zero-order valence-corrected chi connectivity index (χ0v) is 9.52. The van der Waals surface area contributed by atoms with Gasteiger partial charge in [0.15, 0.2) is 5.03 Å². The minimum absolute atomic E-state index is 0.0274. The predicted octanol–water partition coefficient (Wildman–Crippen LogP) is 0.387. The molecule has 2 heterocycles. The molecule has 0 radical (unpaired) electrons. The molecule has 0 bridgehead atoms. The summed E-state index contributed by atoms with van der Waals surface area (Å²) in [5.41, 5.74) is 2.98. The van der Waals surface area contributed by atoms with Crippen LogP contribution in [-0.4, -0.2) is 28.6 Å². The number of nitrogens with zero attached hydrogens (tertiary/aromatic N) is 3. The molecule has 7 nitrogen and oxygen atoms in total. The molecule has 1 aromatic rings. The highest BCUT2D eigenvalue weighted by Crippen LogP contribution is 2.10. The molecule has 2 rings (SSSR count). The maximum absolute atomic E-state index is 10.2. The van der Waals surface area contributed by atoms with Gasteiger partial charge in [-0.3, -0.25) is 0 Å². The van der Waals surface area contributed by atoms with Crippen molar-refractivity contribution in [3.8, 4) is 0 Å². The number of hydrogen-bond acceptors (Lipinski definition) is 5. The topological polar surface area (TPSA) is 92.5 Å². The van der Waals surface area contributed by atoms with Crippen LogP contribution < -0.4 is 10.7 Å². The Labute approximate surface area is 102 Å². The largest absolute Gasteiger partial charge is 0.350 e. The third kappa shape index (κ3) is 3.28. The fraction of sp³-hybridized carbons (Fsp3) is 0.333. The number of nitrogens with one attached hydrogen (secondary N) is 2. The predicted molar refractivity (Wildman–Crippen MR) is 62.3 cm³/mol. The fourth-order valence-corrected chi connectivity index (χ4v) is 1.67. The van der Waals surface area contributed by atoms with E-state index >= 15 is 0 Å². The van der Waals surface area contributed by atoms with Crippen molar-refractivity contribution in [2.45, 2.75) is 12.5 Å². The number of hydrogen-bond donors (Lipinski definition) is 2. The lowest BCUT2D eigenvalue weighted by molar-refractivity contribution is -0.525. The summed E-state index contributed by atoms with van der Waals surface area (Å²) in [7, 11) is 0. The first kappa shape index (κ1) is 11.6. The van der Waals surface area contributed by atoms with E-state index in [9.17, 15) is 10.1 Å². The summed E-state index contributed by atoms with van der Waals surface area (Å²) in [5.74, 6) is 0.196. The molecule has 0 fully saturated rings. The van der Waals surface area contributed by atoms with Gasteiger partial charge in [0.25, 0.3) is 5.96 Å². The highest BCUT2D eigenvalue weighted by atomic mass is 35.5. The van der Waals surface area contributed by atoms with E-state index in [2.05, 4.69) is 15.3 Å². The fourth-order valence-electron chi connectivity index (χ4n) is 1.56. The van der Waals surface area contributed by atoms with Crippen LogP contribution in [0.25, 0.3) is 0 Å². The highest BCUT2D eigenvalue weighted by molar-refractivity contribution is 6.29. The van der Waals surface area contributed by atoms with Gasteiger partial charge in [0, 0.05) is 12.7 Å². The summed E-state index contributed by atoms with van der Waals surface area (Å²) in [6, 6.07) is 3.54. The number of hydrazine groups is 1. The molecule has 1 atom stereocenters. The van der Waals surface area contributed by atoms with Crippen LogP contribution in [0, 0.1) is 10.1 Å². The van der Waals surface area contributed by atoms with Crippen LogP contribution in [0.2, 0.25) is 5.15 Å². The number of guanidine groups is 1. The highest BCUT2D eigenvalue weighted by Gasteiger charge is 2.19. The zero-order valence-electron chi connectivity index (χ0n) is 8.76. The summed E-state index contributed by atoms with van der Waals surface area (Å²) in [4.78, 5) is 18.3. The minimum atomic E-state index is -0.641. The third-order valence-corrected chi connectivity index (χ3v) is 2.50. The van der Waals surface area contributed by atoms with Gasteiger partial charge in [-0.1, -0.05) is 23.1 Å². The molecule has 0 aliphatic carbocycles. The van der Waals surface area contributed by atoms with E-state index in [4.69, 9.17) is 11.6 Å². The maximum atomic E-state index is 10.2. The Morgan fingerprint density at radius 3 is 3.12 bits per heavy atom. The van der Waals surface area contributed by atoms with E-state index in [-0.39, 0.29) is 12.0 Å². The lowest BCUT2D eigenvalue weighted by Crippen LogP contribution is -2.37. The summed E-state index contributed by atoms with van der Waals surface area (Å²) >= 11 is 5.67. The summed E-state index contributed by atoms with van der Waals surface area (Å²) in [6.45, 7) is 0.568. The van der Waals surface area contributed by atoms with Gasteiger partial charge in [-0.2, -0.15) is 0 Å². The molecule has 8 heteroatoms. The van der Waals surface area contributed by atoms with Crippen LogP contribution in [0.15, 0.2) is 23.3 Å². The zero-order chi connectivity index (χ0) is 12.3. The maximum Gasteiger partial charge on any atom is 0.254 e. The van der Waals surface area contributed by atoms with Crippen molar-refractivity contribution in [1.29, 1.82) is 0 Å². The second kappa shape index (κ2) is 4.96. The molecule has 1 aliphatic heterocycles. The molecule has 0 saturated heterocycles. The molecule has 1 unspecified atom stereocenters. The Balaban J connectivity index is 1.95. The van der Waals surface area contributed by atoms with E-state index < -0.39 is 5.03 Å². The van der Waals surface area contributed by atoms with Crippen molar-refractivity contribution in [3.05, 3.63) is 39.2 Å². The summed E-state index contributed by atoms with van der Waals surface area (Å²) in [5, 5.41) is 12.8. The molecule has 0 spiro atoms. The van der Waals surface area contributed by atoms with E-state index in [0.717, 1.165) is 5.56 Å². The van der Waals surface area contributed by atoms with Gasteiger partial charge in [-0.25, -0.2) is 20.1 Å². The molecule has 90 valence electrons. The quantitative estimate of drug-likeness (QED) is 0.463. The number of pyridine rings is 1. The van der Waals surface area contributed by atoms with Crippen molar-refractivity contribution >= 4 is 17.6 Å². The van der Waals surface area contributed by atoms with Crippen LogP contribution in [0.1, 0.15) is 5.56 Å². The Kier molecular flexibility index (Phi) is 3.38. The molecular formula is C9H10ClN5O2. The number of aliphatic imine (C=N–C) groups is 1. The van der Waals surface area contributed by atoms with Gasteiger partial charge in [-0.05, 0) is 18.1 Å². The second-order valence-corrected chi connectivity index (χ2v) is 3.96. The lowest BCUT2D eigenvalue weighted by Gasteiger charge is -2.04.